The summed E-state index contributed by atoms with van der Waals surface area (Å²) in [5.41, 5.74) is 0.616. The van der Waals surface area contributed by atoms with Gasteiger partial charge in [-0.05, 0) is 61.6 Å². The summed E-state index contributed by atoms with van der Waals surface area (Å²) in [5.74, 6) is 0.786. The second-order valence-corrected chi connectivity index (χ2v) is 8.33. The number of methoxy groups -OCH3 is 1. The Hall–Kier alpha value is -2.51. The van der Waals surface area contributed by atoms with Crippen molar-refractivity contribution >= 4 is 40.5 Å². The van der Waals surface area contributed by atoms with E-state index in [1.807, 2.05) is 42.2 Å². The molecule has 4 rings (SSSR count). The number of benzene rings is 2. The zero-order chi connectivity index (χ0) is 20.9. The van der Waals surface area contributed by atoms with Crippen LogP contribution in [0.3, 0.4) is 0 Å². The van der Waals surface area contributed by atoms with Gasteiger partial charge in [0.25, 0.3) is 0 Å². The van der Waals surface area contributed by atoms with Gasteiger partial charge in [-0.3, -0.25) is 9.69 Å². The van der Waals surface area contributed by atoms with Crippen LogP contribution in [-0.2, 0) is 4.79 Å². The Bertz CT molecular complexity index is 982. The fourth-order valence-corrected chi connectivity index (χ4v) is 4.66. The monoisotopic (exact) mass is 431 g/mol. The van der Waals surface area contributed by atoms with Crippen molar-refractivity contribution in [1.29, 1.82) is 0 Å². The number of halogens is 1. The summed E-state index contributed by atoms with van der Waals surface area (Å²) < 4.78 is 11.9. The molecule has 8 heteroatoms. The Labute approximate surface area is 180 Å². The third-order valence-electron chi connectivity index (χ3n) is 5.50. The van der Waals surface area contributed by atoms with Crippen LogP contribution in [0.25, 0.3) is 0 Å². The van der Waals surface area contributed by atoms with Gasteiger partial charge in [0.05, 0.1) is 13.2 Å². The van der Waals surface area contributed by atoms with Gasteiger partial charge in [-0.2, -0.15) is 0 Å². The normalized spacial score (nSPS) is 24.9. The first kappa shape index (κ1) is 19.8. The quantitative estimate of drug-likeness (QED) is 0.749. The molecule has 2 heterocycles. The average molecular weight is 432 g/mol. The van der Waals surface area contributed by atoms with Gasteiger partial charge in [0.15, 0.2) is 10.8 Å². The highest BCUT2D eigenvalue weighted by atomic mass is 35.5. The standard InChI is InChI=1S/C21H22ClN3O3S/c1-21-17(19(26)24(2)3)18(15-11-14(27-4)9-10-16(15)28-21)23-20(29)25(21)13-7-5-12(22)6-8-13/h5-11,17-18H,1-4H3,(H,23,29)/t17-,18-,21+/m1/s1. The molecule has 1 N–H and O–H groups in total. The van der Waals surface area contributed by atoms with Gasteiger partial charge >= 0.3 is 0 Å². The van der Waals surface area contributed by atoms with Crippen molar-refractivity contribution in [3.63, 3.8) is 0 Å². The fraction of sp³-hybridized carbons (Fsp3) is 0.333. The summed E-state index contributed by atoms with van der Waals surface area (Å²) in [5, 5.41) is 4.47. The molecule has 0 radical (unpaired) electrons. The molecule has 152 valence electrons. The van der Waals surface area contributed by atoms with Crippen molar-refractivity contribution in [3.05, 3.63) is 53.1 Å². The Kier molecular flexibility index (Phi) is 4.83. The number of hydrogen-bond acceptors (Lipinski definition) is 4. The number of carbonyl (C=O) groups is 1. The van der Waals surface area contributed by atoms with Crippen molar-refractivity contribution < 1.29 is 14.3 Å². The Morgan fingerprint density at radius 2 is 1.97 bits per heavy atom. The zero-order valence-corrected chi connectivity index (χ0v) is 18.2. The summed E-state index contributed by atoms with van der Waals surface area (Å²) in [4.78, 5) is 16.7. The minimum Gasteiger partial charge on any atom is -0.497 e. The molecule has 2 aromatic rings. The molecule has 2 bridgehead atoms. The number of amides is 1. The first-order valence-corrected chi connectivity index (χ1v) is 9.99. The third kappa shape index (κ3) is 3.09. The van der Waals surface area contributed by atoms with Crippen molar-refractivity contribution in [2.75, 3.05) is 26.1 Å². The van der Waals surface area contributed by atoms with Gasteiger partial charge in [0, 0.05) is 30.4 Å². The van der Waals surface area contributed by atoms with Crippen molar-refractivity contribution in [2.45, 2.75) is 18.7 Å². The van der Waals surface area contributed by atoms with Crippen LogP contribution in [0.2, 0.25) is 5.02 Å². The average Bonchev–Trinajstić information content (AvgIpc) is 2.68. The predicted octanol–water partition coefficient (Wildman–Crippen LogP) is 3.60. The number of hydrogen-bond donors (Lipinski definition) is 1. The number of anilines is 1. The molecule has 1 amide bonds. The highest BCUT2D eigenvalue weighted by Crippen LogP contribution is 2.50. The van der Waals surface area contributed by atoms with E-state index in [9.17, 15) is 4.79 Å². The predicted molar refractivity (Wildman–Crippen MR) is 117 cm³/mol. The topological polar surface area (TPSA) is 54.0 Å². The third-order valence-corrected chi connectivity index (χ3v) is 6.05. The van der Waals surface area contributed by atoms with E-state index in [2.05, 4.69) is 5.32 Å². The summed E-state index contributed by atoms with van der Waals surface area (Å²) in [6, 6.07) is 12.6. The van der Waals surface area contributed by atoms with Crippen LogP contribution >= 0.6 is 23.8 Å². The molecule has 29 heavy (non-hydrogen) atoms. The summed E-state index contributed by atoms with van der Waals surface area (Å²) in [6.07, 6.45) is 0. The molecule has 6 nitrogen and oxygen atoms in total. The molecule has 0 aliphatic carbocycles. The van der Waals surface area contributed by atoms with Gasteiger partial charge in [0.1, 0.15) is 17.4 Å². The molecule has 0 aromatic heterocycles. The van der Waals surface area contributed by atoms with Gasteiger partial charge in [-0.1, -0.05) is 11.6 Å². The van der Waals surface area contributed by atoms with Crippen molar-refractivity contribution in [2.24, 2.45) is 5.92 Å². The maximum atomic E-state index is 13.3. The second-order valence-electron chi connectivity index (χ2n) is 7.51. The molecule has 2 aliphatic rings. The summed E-state index contributed by atoms with van der Waals surface area (Å²) in [6.45, 7) is 1.90. The maximum absolute atomic E-state index is 13.3. The van der Waals surface area contributed by atoms with Crippen molar-refractivity contribution in [1.82, 2.24) is 10.2 Å². The molecule has 3 atom stereocenters. The lowest BCUT2D eigenvalue weighted by Crippen LogP contribution is -2.72. The first-order chi connectivity index (χ1) is 13.8. The number of rotatable bonds is 3. The zero-order valence-electron chi connectivity index (χ0n) is 16.6. The first-order valence-electron chi connectivity index (χ1n) is 9.20. The molecule has 2 aliphatic heterocycles. The number of thiocarbonyl (C=S) groups is 1. The minimum atomic E-state index is -1.02. The van der Waals surface area contributed by atoms with Crippen LogP contribution in [0.4, 0.5) is 5.69 Å². The van der Waals surface area contributed by atoms with Gasteiger partial charge in [0.2, 0.25) is 5.91 Å². The number of nitrogens with one attached hydrogen (secondary N) is 1. The molecule has 1 saturated heterocycles. The molecule has 0 saturated carbocycles. The number of nitrogens with zero attached hydrogens (tertiary/aromatic N) is 2. The Balaban J connectivity index is 1.90. The molecule has 0 unspecified atom stereocenters. The van der Waals surface area contributed by atoms with Gasteiger partial charge in [-0.15, -0.1) is 0 Å². The van der Waals surface area contributed by atoms with Gasteiger partial charge < -0.3 is 19.7 Å². The van der Waals surface area contributed by atoms with E-state index in [0.717, 1.165) is 11.3 Å². The number of fused-ring (bicyclic) bond motifs is 4. The van der Waals surface area contributed by atoms with Gasteiger partial charge in [-0.25, -0.2) is 0 Å². The Morgan fingerprint density at radius 1 is 1.28 bits per heavy atom. The van der Waals surface area contributed by atoms with Crippen LogP contribution in [-0.4, -0.2) is 42.8 Å². The van der Waals surface area contributed by atoms with Crippen LogP contribution in [0.15, 0.2) is 42.5 Å². The summed E-state index contributed by atoms with van der Waals surface area (Å²) in [7, 11) is 5.10. The molecule has 1 fully saturated rings. The van der Waals surface area contributed by atoms with Crippen molar-refractivity contribution in [3.8, 4) is 11.5 Å². The lowest BCUT2D eigenvalue weighted by Gasteiger charge is -2.56. The fourth-order valence-electron chi connectivity index (χ4n) is 4.12. The lowest BCUT2D eigenvalue weighted by molar-refractivity contribution is -0.144. The van der Waals surface area contributed by atoms with E-state index in [1.54, 1.807) is 38.2 Å². The SMILES string of the molecule is COc1ccc2c(c1)[C@H]1NC(=S)N(c3ccc(Cl)cc3)[C@@](C)(O2)[C@H]1C(=O)N(C)C. The van der Waals surface area contributed by atoms with E-state index < -0.39 is 11.6 Å². The second kappa shape index (κ2) is 7.07. The highest BCUT2D eigenvalue weighted by molar-refractivity contribution is 7.80. The van der Waals surface area contributed by atoms with E-state index in [4.69, 9.17) is 33.3 Å². The minimum absolute atomic E-state index is 0.0556. The maximum Gasteiger partial charge on any atom is 0.233 e. The lowest BCUT2D eigenvalue weighted by atomic mass is 9.78. The van der Waals surface area contributed by atoms with E-state index >= 15 is 0 Å². The molecule has 2 aromatic carbocycles. The number of ether oxygens (including phenoxy) is 2. The summed E-state index contributed by atoms with van der Waals surface area (Å²) >= 11 is 11.8. The van der Waals surface area contributed by atoms with Crippen LogP contribution < -0.4 is 19.7 Å². The smallest absolute Gasteiger partial charge is 0.233 e. The molecular weight excluding hydrogens is 410 g/mol. The van der Waals surface area contributed by atoms with Crippen LogP contribution in [0.1, 0.15) is 18.5 Å². The molecular formula is C21H22ClN3O3S. The largest absolute Gasteiger partial charge is 0.497 e. The van der Waals surface area contributed by atoms with Crippen LogP contribution in [0.5, 0.6) is 11.5 Å². The van der Waals surface area contributed by atoms with E-state index in [0.29, 0.717) is 21.6 Å². The van der Waals surface area contributed by atoms with E-state index in [-0.39, 0.29) is 11.9 Å². The van der Waals surface area contributed by atoms with Crippen LogP contribution in [0, 0.1) is 5.92 Å². The van der Waals surface area contributed by atoms with E-state index in [1.165, 1.54) is 0 Å². The molecule has 0 spiro atoms. The highest BCUT2D eigenvalue weighted by Gasteiger charge is 2.59. The number of carbonyl (C=O) groups excluding carboxylic acids is 1. The Morgan fingerprint density at radius 3 is 2.59 bits per heavy atom.